The minimum Gasteiger partial charge on any atom is -0.475 e. The Hall–Kier alpha value is -4.14. The van der Waals surface area contributed by atoms with Crippen LogP contribution in [0.15, 0.2) is 30.3 Å². The van der Waals surface area contributed by atoms with Crippen molar-refractivity contribution in [3.05, 3.63) is 47.5 Å². The molecule has 3 atom stereocenters. The number of benzene rings is 2. The second kappa shape index (κ2) is 9.96. The van der Waals surface area contributed by atoms with Crippen molar-refractivity contribution in [3.63, 3.8) is 0 Å². The molecule has 222 valence electrons. The van der Waals surface area contributed by atoms with Gasteiger partial charge in [-0.15, -0.1) is 6.42 Å². The molecule has 0 amide bonds. The maximum absolute atomic E-state index is 16.6. The molecule has 43 heavy (non-hydrogen) atoms. The largest absolute Gasteiger partial charge is 0.475 e. The van der Waals surface area contributed by atoms with Crippen molar-refractivity contribution in [3.8, 4) is 35.5 Å². The van der Waals surface area contributed by atoms with Crippen molar-refractivity contribution in [2.45, 2.75) is 56.5 Å². The van der Waals surface area contributed by atoms with Gasteiger partial charge in [0.2, 0.25) is 5.88 Å². The summed E-state index contributed by atoms with van der Waals surface area (Å²) in [5.74, 6) is 1.20. The minimum absolute atomic E-state index is 0.0135. The molecule has 5 heterocycles. The number of fused-ring (bicyclic) bond motifs is 2. The lowest BCUT2D eigenvalue weighted by Crippen LogP contribution is -2.45. The summed E-state index contributed by atoms with van der Waals surface area (Å²) in [5, 5.41) is 15.1. The van der Waals surface area contributed by atoms with Gasteiger partial charge in [-0.3, -0.25) is 4.90 Å². The van der Waals surface area contributed by atoms with Crippen LogP contribution in [0.1, 0.15) is 38.7 Å². The molecule has 0 spiro atoms. The molecule has 2 N–H and O–H groups in total. The third kappa shape index (κ3) is 4.51. The van der Waals surface area contributed by atoms with Crippen molar-refractivity contribution in [1.29, 1.82) is 0 Å². The highest BCUT2D eigenvalue weighted by Crippen LogP contribution is 2.43. The van der Waals surface area contributed by atoms with E-state index < -0.39 is 35.0 Å². The Morgan fingerprint density at radius 2 is 2.05 bits per heavy atom. The van der Waals surface area contributed by atoms with E-state index in [0.29, 0.717) is 23.7 Å². The number of nitrogens with one attached hydrogen (secondary N) is 1. The van der Waals surface area contributed by atoms with Crippen LogP contribution < -0.4 is 14.8 Å². The average molecular weight is 590 g/mol. The van der Waals surface area contributed by atoms with Crippen molar-refractivity contribution < 1.29 is 27.8 Å². The highest BCUT2D eigenvalue weighted by Gasteiger charge is 2.49. The molecule has 8 nitrogen and oxygen atoms in total. The van der Waals surface area contributed by atoms with Gasteiger partial charge in [0.15, 0.2) is 5.82 Å². The smallest absolute Gasteiger partial charge is 0.319 e. The molecule has 2 fully saturated rings. The van der Waals surface area contributed by atoms with Gasteiger partial charge in [-0.2, -0.15) is 9.97 Å². The molecule has 11 heteroatoms. The first-order chi connectivity index (χ1) is 20.6. The van der Waals surface area contributed by atoms with Gasteiger partial charge in [0.1, 0.15) is 47.6 Å². The van der Waals surface area contributed by atoms with Gasteiger partial charge in [-0.25, -0.2) is 18.2 Å². The van der Waals surface area contributed by atoms with Gasteiger partial charge in [-0.1, -0.05) is 30.2 Å². The first kappa shape index (κ1) is 27.7. The van der Waals surface area contributed by atoms with Crippen molar-refractivity contribution in [1.82, 2.24) is 19.9 Å². The van der Waals surface area contributed by atoms with Gasteiger partial charge in [0.05, 0.1) is 22.7 Å². The fraction of sp³-hybridized carbons (Fsp3) is 0.406. The van der Waals surface area contributed by atoms with Crippen LogP contribution in [0.25, 0.3) is 32.9 Å². The molecule has 3 aliphatic heterocycles. The summed E-state index contributed by atoms with van der Waals surface area (Å²) < 4.78 is 57.9. The summed E-state index contributed by atoms with van der Waals surface area (Å²) in [6.45, 7) is 4.51. The van der Waals surface area contributed by atoms with Crippen LogP contribution in [0.4, 0.5) is 19.0 Å². The Balaban J connectivity index is 1.41. The lowest BCUT2D eigenvalue weighted by atomic mass is 9.95. The van der Waals surface area contributed by atoms with Crippen LogP contribution in [0.5, 0.6) is 11.9 Å². The lowest BCUT2D eigenvalue weighted by molar-refractivity contribution is 0.0423. The van der Waals surface area contributed by atoms with E-state index in [1.807, 2.05) is 0 Å². The predicted octanol–water partition coefficient (Wildman–Crippen LogP) is 5.00. The SMILES string of the molecule is C#Cc1c(F)ccc2cccc(-c3nc4c5c(nc(OC[C@@]67CCCN6C[C@H](F)C7)nc5c3F)N[C@@H](C(C)(C)O)CO4)c12. The quantitative estimate of drug-likeness (QED) is 0.314. The van der Waals surface area contributed by atoms with E-state index in [1.165, 1.54) is 6.07 Å². The first-order valence-electron chi connectivity index (χ1n) is 14.3. The Labute approximate surface area is 246 Å². The van der Waals surface area contributed by atoms with Gasteiger partial charge >= 0.3 is 6.01 Å². The third-order valence-electron chi connectivity index (χ3n) is 8.91. The number of hydrogen-bond donors (Lipinski definition) is 2. The lowest BCUT2D eigenvalue weighted by Gasteiger charge is -2.31. The number of halogens is 3. The Bertz CT molecular complexity index is 1820. The number of aliphatic hydroxyl groups is 1. The molecule has 3 aliphatic rings. The van der Waals surface area contributed by atoms with E-state index in [9.17, 15) is 13.9 Å². The van der Waals surface area contributed by atoms with Crippen LogP contribution in [-0.2, 0) is 0 Å². The molecule has 0 unspecified atom stereocenters. The van der Waals surface area contributed by atoms with E-state index in [4.69, 9.17) is 15.9 Å². The topological polar surface area (TPSA) is 92.6 Å². The van der Waals surface area contributed by atoms with Crippen LogP contribution in [0.3, 0.4) is 0 Å². The van der Waals surface area contributed by atoms with Crippen molar-refractivity contribution in [2.75, 3.05) is 31.6 Å². The number of terminal acetylenes is 1. The summed E-state index contributed by atoms with van der Waals surface area (Å²) in [6.07, 6.45) is 6.80. The molecule has 2 aromatic heterocycles. The molecular formula is C32H30F3N5O3. The number of anilines is 1. The van der Waals surface area contributed by atoms with E-state index in [0.717, 1.165) is 19.4 Å². The highest BCUT2D eigenvalue weighted by atomic mass is 19.1. The van der Waals surface area contributed by atoms with Crippen LogP contribution in [-0.4, -0.2) is 74.6 Å². The number of nitrogens with zero attached hydrogens (tertiary/aromatic N) is 4. The van der Waals surface area contributed by atoms with E-state index in [2.05, 4.69) is 31.1 Å². The summed E-state index contributed by atoms with van der Waals surface area (Å²) in [7, 11) is 0. The molecule has 0 saturated carbocycles. The van der Waals surface area contributed by atoms with Gasteiger partial charge in [-0.05, 0) is 44.7 Å². The molecule has 0 radical (unpaired) electrons. The standard InChI is InChI=1S/C32H30F3N5O3/c1-4-19-21(34)10-9-17-7-5-8-20(23(17)19)26-25(35)27-24-28(36-22(31(2,3)41)15-42-29(24)37-26)39-30(38-27)43-16-32-11-6-12-40(32)14-18(33)13-32/h1,5,7-10,18,22,41H,6,11-16H2,2-3H3,(H,36,38,39)/t18-,22-,32+/m1/s1. The zero-order valence-electron chi connectivity index (χ0n) is 23.8. The molecule has 4 aromatic rings. The third-order valence-corrected chi connectivity index (χ3v) is 8.91. The summed E-state index contributed by atoms with van der Waals surface area (Å²) in [5.41, 5.74) is -1.73. The summed E-state index contributed by atoms with van der Waals surface area (Å²) in [6, 6.07) is 7.16. The van der Waals surface area contributed by atoms with Gasteiger partial charge in [0, 0.05) is 23.9 Å². The monoisotopic (exact) mass is 589 g/mol. The summed E-state index contributed by atoms with van der Waals surface area (Å²) in [4.78, 5) is 15.7. The Kier molecular flexibility index (Phi) is 6.41. The predicted molar refractivity (Wildman–Crippen MR) is 156 cm³/mol. The normalized spacial score (nSPS) is 23.5. The molecule has 2 aromatic carbocycles. The average Bonchev–Trinajstić information content (AvgIpc) is 3.42. The zero-order valence-corrected chi connectivity index (χ0v) is 23.8. The number of aromatic nitrogens is 3. The summed E-state index contributed by atoms with van der Waals surface area (Å²) >= 11 is 0. The minimum atomic E-state index is -1.25. The van der Waals surface area contributed by atoms with Crippen molar-refractivity contribution in [2.24, 2.45) is 0 Å². The van der Waals surface area contributed by atoms with E-state index in [1.54, 1.807) is 38.1 Å². The van der Waals surface area contributed by atoms with Crippen LogP contribution in [0, 0.1) is 24.0 Å². The van der Waals surface area contributed by atoms with Crippen molar-refractivity contribution >= 4 is 27.5 Å². The maximum Gasteiger partial charge on any atom is 0.319 e. The number of rotatable bonds is 5. The van der Waals surface area contributed by atoms with Gasteiger partial charge in [0.25, 0.3) is 0 Å². The highest BCUT2D eigenvalue weighted by molar-refractivity contribution is 6.03. The second-order valence-electron chi connectivity index (χ2n) is 12.2. The molecule has 0 bridgehead atoms. The fourth-order valence-electron chi connectivity index (χ4n) is 6.66. The number of pyridine rings is 1. The molecule has 0 aliphatic carbocycles. The molecular weight excluding hydrogens is 559 g/mol. The van der Waals surface area contributed by atoms with E-state index in [-0.39, 0.29) is 58.6 Å². The molecule has 2 saturated heterocycles. The fourth-order valence-corrected chi connectivity index (χ4v) is 6.66. The number of alkyl halides is 1. The maximum atomic E-state index is 16.6. The first-order valence-corrected chi connectivity index (χ1v) is 14.3. The second-order valence-corrected chi connectivity index (χ2v) is 12.2. The van der Waals surface area contributed by atoms with Crippen LogP contribution in [0.2, 0.25) is 0 Å². The Morgan fingerprint density at radius 3 is 2.84 bits per heavy atom. The van der Waals surface area contributed by atoms with Crippen LogP contribution >= 0.6 is 0 Å². The Morgan fingerprint density at radius 1 is 1.21 bits per heavy atom. The van der Waals surface area contributed by atoms with E-state index >= 15 is 4.39 Å². The van der Waals surface area contributed by atoms with Gasteiger partial charge < -0.3 is 19.9 Å². The zero-order chi connectivity index (χ0) is 30.1. The number of ether oxygens (including phenoxy) is 2. The molecule has 7 rings (SSSR count). The number of hydrogen-bond acceptors (Lipinski definition) is 8.